The quantitative estimate of drug-likeness (QED) is 0.561. The van der Waals surface area contributed by atoms with E-state index in [1.54, 1.807) is 0 Å². The Morgan fingerprint density at radius 3 is 2.79 bits per heavy atom. The minimum Gasteiger partial charge on any atom is -0.392 e. The van der Waals surface area contributed by atoms with E-state index in [1.165, 1.54) is 38.9 Å². The minimum atomic E-state index is -0.0554. The summed E-state index contributed by atoms with van der Waals surface area (Å²) in [6, 6.07) is 14.8. The number of imidazole rings is 1. The van der Waals surface area contributed by atoms with Crippen molar-refractivity contribution < 1.29 is 5.11 Å². The summed E-state index contributed by atoms with van der Waals surface area (Å²) in [4.78, 5) is 4.66. The molecule has 3 heteroatoms. The monoisotopic (exact) mass is 364 g/mol. The summed E-state index contributed by atoms with van der Waals surface area (Å²) in [7, 11) is 0. The fourth-order valence-corrected chi connectivity index (χ4v) is 4.88. The number of allylic oxidation sites excluding steroid dienone is 1. The molecule has 0 amide bonds. The minimum absolute atomic E-state index is 0.0554. The van der Waals surface area contributed by atoms with Gasteiger partial charge in [-0.3, -0.25) is 0 Å². The van der Waals surface area contributed by atoms with Crippen LogP contribution >= 0.6 is 0 Å². The molecule has 1 spiro atoms. The molecule has 0 radical (unpaired) electrons. The lowest BCUT2D eigenvalue weighted by molar-refractivity contribution is 0.282. The van der Waals surface area contributed by atoms with Crippen molar-refractivity contribution in [3.05, 3.63) is 101 Å². The van der Waals surface area contributed by atoms with Crippen molar-refractivity contribution in [2.24, 2.45) is 0 Å². The summed E-state index contributed by atoms with van der Waals surface area (Å²) in [5, 5.41) is 9.37. The molecule has 0 saturated carbocycles. The molecule has 1 unspecified atom stereocenters. The predicted octanol–water partition coefficient (Wildman–Crippen LogP) is 4.67. The summed E-state index contributed by atoms with van der Waals surface area (Å²) in [5.41, 5.74) is 11.3. The first-order valence-corrected chi connectivity index (χ1v) is 9.70. The van der Waals surface area contributed by atoms with E-state index in [-0.39, 0.29) is 12.0 Å². The van der Waals surface area contributed by atoms with Gasteiger partial charge < -0.3 is 9.51 Å². The van der Waals surface area contributed by atoms with Gasteiger partial charge in [0, 0.05) is 35.1 Å². The maximum absolute atomic E-state index is 9.37. The second kappa shape index (κ2) is 5.43. The van der Waals surface area contributed by atoms with Crippen LogP contribution in [-0.2, 0) is 18.4 Å². The molecule has 0 bridgehead atoms. The Labute approximate surface area is 163 Å². The molecule has 136 valence electrons. The van der Waals surface area contributed by atoms with Gasteiger partial charge in [-0.1, -0.05) is 54.6 Å². The number of aliphatic hydroxyl groups excluding tert-OH is 1. The van der Waals surface area contributed by atoms with Gasteiger partial charge in [-0.25, -0.2) is 4.98 Å². The second-order valence-electron chi connectivity index (χ2n) is 7.93. The molecule has 2 aliphatic carbocycles. The molecule has 6 rings (SSSR count). The van der Waals surface area contributed by atoms with E-state index in [0.29, 0.717) is 0 Å². The van der Waals surface area contributed by atoms with Crippen molar-refractivity contribution in [1.82, 2.24) is 9.38 Å². The molecule has 1 N–H and O–H groups in total. The zero-order valence-corrected chi connectivity index (χ0v) is 15.7. The third-order valence-corrected chi connectivity index (χ3v) is 6.41. The lowest BCUT2D eigenvalue weighted by Crippen LogP contribution is -2.15. The number of hydrogen-bond donors (Lipinski definition) is 1. The Morgan fingerprint density at radius 1 is 1.11 bits per heavy atom. The van der Waals surface area contributed by atoms with Crippen LogP contribution < -0.4 is 0 Å². The van der Waals surface area contributed by atoms with Crippen molar-refractivity contribution in [2.45, 2.75) is 25.4 Å². The molecule has 2 aromatic heterocycles. The van der Waals surface area contributed by atoms with Crippen LogP contribution in [0.5, 0.6) is 0 Å². The van der Waals surface area contributed by atoms with Crippen molar-refractivity contribution >= 4 is 11.7 Å². The molecular formula is C25H20N2O. The highest BCUT2D eigenvalue weighted by Gasteiger charge is 2.54. The first-order chi connectivity index (χ1) is 13.7. The van der Waals surface area contributed by atoms with Crippen molar-refractivity contribution in [2.75, 3.05) is 0 Å². The number of hydrogen-bond acceptors (Lipinski definition) is 2. The van der Waals surface area contributed by atoms with Gasteiger partial charge in [0.2, 0.25) is 0 Å². The van der Waals surface area contributed by atoms with E-state index >= 15 is 0 Å². The van der Waals surface area contributed by atoms with Crippen LogP contribution in [0.2, 0.25) is 0 Å². The second-order valence-corrected chi connectivity index (χ2v) is 7.93. The fourth-order valence-electron chi connectivity index (χ4n) is 4.88. The SMILES string of the molecule is Cc1cccc2c1CC1(C=C2)c2c(-c3ccc(CO)cc3)cn3ccnc3c21. The lowest BCUT2D eigenvalue weighted by Gasteiger charge is -2.21. The summed E-state index contributed by atoms with van der Waals surface area (Å²) in [5.74, 6) is 0. The molecule has 1 atom stereocenters. The maximum atomic E-state index is 9.37. The molecule has 0 saturated heterocycles. The van der Waals surface area contributed by atoms with Gasteiger partial charge in [0.15, 0.2) is 0 Å². The fraction of sp³-hybridized carbons (Fsp3) is 0.160. The summed E-state index contributed by atoms with van der Waals surface area (Å²) >= 11 is 0. The molecule has 3 nitrogen and oxygen atoms in total. The number of rotatable bonds is 2. The highest BCUT2D eigenvalue weighted by molar-refractivity contribution is 5.89. The number of fused-ring (bicyclic) bond motifs is 6. The van der Waals surface area contributed by atoms with Crippen LogP contribution in [0, 0.1) is 6.92 Å². The summed E-state index contributed by atoms with van der Waals surface area (Å²) in [6.45, 7) is 2.28. The van der Waals surface area contributed by atoms with Crippen LogP contribution in [0.4, 0.5) is 0 Å². The largest absolute Gasteiger partial charge is 0.392 e. The summed E-state index contributed by atoms with van der Waals surface area (Å²) < 4.78 is 2.14. The van der Waals surface area contributed by atoms with Gasteiger partial charge in [0.1, 0.15) is 5.65 Å². The number of benzene rings is 2. The Balaban J connectivity index is 1.57. The van der Waals surface area contributed by atoms with Crippen molar-refractivity contribution in [3.8, 4) is 11.1 Å². The number of aliphatic hydroxyl groups is 1. The van der Waals surface area contributed by atoms with Gasteiger partial charge in [-0.15, -0.1) is 0 Å². The number of aromatic nitrogens is 2. The number of pyridine rings is 1. The molecular weight excluding hydrogens is 344 g/mol. The average Bonchev–Trinajstić information content (AvgIpc) is 3.10. The van der Waals surface area contributed by atoms with E-state index in [9.17, 15) is 5.11 Å². The van der Waals surface area contributed by atoms with Crippen LogP contribution in [0.25, 0.3) is 22.9 Å². The van der Waals surface area contributed by atoms with Crippen LogP contribution in [0.1, 0.15) is 33.4 Å². The van der Waals surface area contributed by atoms with Gasteiger partial charge in [-0.05, 0) is 46.7 Å². The third kappa shape index (κ3) is 2.00. The average molecular weight is 364 g/mol. The van der Waals surface area contributed by atoms with Crippen LogP contribution in [-0.4, -0.2) is 14.5 Å². The highest BCUT2D eigenvalue weighted by atomic mass is 16.3. The van der Waals surface area contributed by atoms with Gasteiger partial charge in [0.05, 0.1) is 6.61 Å². The number of aryl methyl sites for hydroxylation is 1. The van der Waals surface area contributed by atoms with Crippen molar-refractivity contribution in [1.29, 1.82) is 0 Å². The molecule has 2 aliphatic rings. The van der Waals surface area contributed by atoms with E-state index in [1.807, 2.05) is 24.5 Å². The topological polar surface area (TPSA) is 37.5 Å². The normalized spacial score (nSPS) is 19.1. The molecule has 4 aromatic rings. The van der Waals surface area contributed by atoms with Crippen molar-refractivity contribution in [3.63, 3.8) is 0 Å². The van der Waals surface area contributed by atoms with Crippen LogP contribution in [0.3, 0.4) is 0 Å². The lowest BCUT2D eigenvalue weighted by atomic mass is 9.81. The highest BCUT2D eigenvalue weighted by Crippen LogP contribution is 2.60. The zero-order valence-electron chi connectivity index (χ0n) is 15.7. The van der Waals surface area contributed by atoms with Gasteiger partial charge in [-0.2, -0.15) is 0 Å². The molecule has 2 aromatic carbocycles. The van der Waals surface area contributed by atoms with E-state index in [2.05, 4.69) is 65.0 Å². The Morgan fingerprint density at radius 2 is 1.96 bits per heavy atom. The smallest absolute Gasteiger partial charge is 0.141 e. The van der Waals surface area contributed by atoms with Gasteiger partial charge >= 0.3 is 0 Å². The zero-order chi connectivity index (χ0) is 18.9. The Kier molecular flexibility index (Phi) is 3.07. The first kappa shape index (κ1) is 15.8. The predicted molar refractivity (Wildman–Crippen MR) is 111 cm³/mol. The molecule has 0 aliphatic heterocycles. The standard InChI is InChI=1S/C25H20N2O/c1-16-3-2-4-18-9-10-25(13-20(16)18)22-21(19-7-5-17(15-28)6-8-19)14-27-12-11-26-24(27)23(22)25/h2-12,14,28H,13,15H2,1H3. The van der Waals surface area contributed by atoms with E-state index in [4.69, 9.17) is 0 Å². The van der Waals surface area contributed by atoms with Gasteiger partial charge in [0.25, 0.3) is 0 Å². The third-order valence-electron chi connectivity index (χ3n) is 6.41. The molecule has 28 heavy (non-hydrogen) atoms. The maximum Gasteiger partial charge on any atom is 0.141 e. The molecule has 2 heterocycles. The van der Waals surface area contributed by atoms with E-state index in [0.717, 1.165) is 17.6 Å². The Hall–Kier alpha value is -3.17. The van der Waals surface area contributed by atoms with Crippen LogP contribution in [0.15, 0.2) is 67.1 Å². The first-order valence-electron chi connectivity index (χ1n) is 9.70. The Bertz CT molecular complexity index is 1280. The molecule has 0 fully saturated rings. The van der Waals surface area contributed by atoms with E-state index < -0.39 is 0 Å². The summed E-state index contributed by atoms with van der Waals surface area (Å²) in [6.07, 6.45) is 11.8. The number of nitrogens with zero attached hydrogens (tertiary/aromatic N) is 2.